The molecule has 0 amide bonds. The molecule has 0 saturated carbocycles. The summed E-state index contributed by atoms with van der Waals surface area (Å²) in [5.41, 5.74) is 3.36. The van der Waals surface area contributed by atoms with Crippen LogP contribution in [0.1, 0.15) is 42.6 Å². The van der Waals surface area contributed by atoms with Crippen LogP contribution in [-0.2, 0) is 0 Å². The second-order valence-corrected chi connectivity index (χ2v) is 6.70. The van der Waals surface area contributed by atoms with E-state index in [4.69, 9.17) is 0 Å². The van der Waals surface area contributed by atoms with E-state index in [1.807, 2.05) is 24.3 Å². The molecule has 21 heavy (non-hydrogen) atoms. The van der Waals surface area contributed by atoms with Gasteiger partial charge in [0.2, 0.25) is 0 Å². The molecule has 3 rings (SSSR count). The zero-order valence-corrected chi connectivity index (χ0v) is 12.8. The number of benzene rings is 2. The molecule has 1 atom stereocenters. The lowest BCUT2D eigenvalue weighted by atomic mass is 9.86. The minimum absolute atomic E-state index is 0.142. The van der Waals surface area contributed by atoms with E-state index in [1.54, 1.807) is 0 Å². The third-order valence-electron chi connectivity index (χ3n) is 4.15. The molecule has 0 saturated heterocycles. The van der Waals surface area contributed by atoms with E-state index in [9.17, 15) is 4.79 Å². The van der Waals surface area contributed by atoms with Gasteiger partial charge in [-0.15, -0.1) is 0 Å². The third-order valence-corrected chi connectivity index (χ3v) is 4.15. The Labute approximate surface area is 126 Å². The molecule has 1 unspecified atom stereocenters. The molecule has 1 heteroatoms. The number of carbonyl (C=O) groups excluding carboxylic acids is 1. The Morgan fingerprint density at radius 2 is 1.71 bits per heavy atom. The predicted molar refractivity (Wildman–Crippen MR) is 88.8 cm³/mol. The van der Waals surface area contributed by atoms with Gasteiger partial charge in [-0.3, -0.25) is 4.79 Å². The van der Waals surface area contributed by atoms with E-state index in [0.717, 1.165) is 22.8 Å². The van der Waals surface area contributed by atoms with E-state index in [-0.39, 0.29) is 11.3 Å². The summed E-state index contributed by atoms with van der Waals surface area (Å²) in [6.45, 7) is 6.64. The number of fused-ring (bicyclic) bond motifs is 1. The van der Waals surface area contributed by atoms with Gasteiger partial charge >= 0.3 is 0 Å². The van der Waals surface area contributed by atoms with Crippen molar-refractivity contribution >= 4 is 17.1 Å². The van der Waals surface area contributed by atoms with E-state index in [2.05, 4.69) is 51.1 Å². The van der Waals surface area contributed by atoms with Crippen LogP contribution >= 0.6 is 0 Å². The molecule has 0 heterocycles. The maximum Gasteiger partial charge on any atom is 0.150 e. The van der Waals surface area contributed by atoms with Gasteiger partial charge in [0.1, 0.15) is 6.29 Å². The highest BCUT2D eigenvalue weighted by Crippen LogP contribution is 2.37. The average molecular weight is 276 g/mol. The molecule has 0 aliphatic heterocycles. The molecule has 0 aromatic heterocycles. The number of aldehydes is 1. The highest BCUT2D eigenvalue weighted by atomic mass is 16.1. The molecule has 0 bridgehead atoms. The summed E-state index contributed by atoms with van der Waals surface area (Å²) in [5, 5.41) is 2.30. The van der Waals surface area contributed by atoms with Crippen LogP contribution in [0.25, 0.3) is 10.8 Å². The molecule has 2 aromatic carbocycles. The Morgan fingerprint density at radius 1 is 1.05 bits per heavy atom. The maximum absolute atomic E-state index is 11.5. The zero-order chi connectivity index (χ0) is 15.0. The fourth-order valence-electron chi connectivity index (χ4n) is 2.87. The highest BCUT2D eigenvalue weighted by Gasteiger charge is 2.22. The van der Waals surface area contributed by atoms with Crippen molar-refractivity contribution in [2.75, 3.05) is 0 Å². The van der Waals surface area contributed by atoms with Gasteiger partial charge in [-0.25, -0.2) is 0 Å². The third kappa shape index (κ3) is 2.56. The second-order valence-electron chi connectivity index (χ2n) is 6.70. The number of carbonyl (C=O) groups is 1. The largest absolute Gasteiger partial charge is 0.298 e. The van der Waals surface area contributed by atoms with E-state index in [0.29, 0.717) is 0 Å². The van der Waals surface area contributed by atoms with Gasteiger partial charge in [0, 0.05) is 11.5 Å². The van der Waals surface area contributed by atoms with Gasteiger partial charge < -0.3 is 0 Å². The first-order valence-electron chi connectivity index (χ1n) is 7.37. The molecule has 0 radical (unpaired) electrons. The maximum atomic E-state index is 11.5. The second kappa shape index (κ2) is 5.00. The first kappa shape index (κ1) is 13.8. The first-order chi connectivity index (χ1) is 9.99. The first-order valence-corrected chi connectivity index (χ1v) is 7.37. The normalized spacial score (nSPS) is 18.0. The summed E-state index contributed by atoms with van der Waals surface area (Å²) in [6.07, 6.45) is 7.63. The van der Waals surface area contributed by atoms with Crippen LogP contribution in [-0.4, -0.2) is 6.29 Å². The standard InChI is InChI=1S/C20H20O/c1-20(2,3)18-9-8-16(11-18)19-12-15-7-5-4-6-14(15)10-17(19)13-21/h4-13,16H,1-3H3. The lowest BCUT2D eigenvalue weighted by Gasteiger charge is -2.19. The quantitative estimate of drug-likeness (QED) is 0.682. The molecule has 1 nitrogen and oxygen atoms in total. The fourth-order valence-corrected chi connectivity index (χ4v) is 2.87. The Kier molecular flexibility index (Phi) is 3.29. The molecule has 1 aliphatic rings. The summed E-state index contributed by atoms with van der Waals surface area (Å²) in [6, 6.07) is 12.3. The Bertz CT molecular complexity index is 757. The van der Waals surface area contributed by atoms with Gasteiger partial charge in [-0.2, -0.15) is 0 Å². The number of hydrogen-bond acceptors (Lipinski definition) is 1. The summed E-state index contributed by atoms with van der Waals surface area (Å²) in [4.78, 5) is 11.5. The summed E-state index contributed by atoms with van der Waals surface area (Å²) < 4.78 is 0. The summed E-state index contributed by atoms with van der Waals surface area (Å²) in [7, 11) is 0. The van der Waals surface area contributed by atoms with Crippen LogP contribution in [0.15, 0.2) is 60.2 Å². The molecule has 106 valence electrons. The molecule has 0 N–H and O–H groups in total. The van der Waals surface area contributed by atoms with Crippen molar-refractivity contribution in [3.63, 3.8) is 0 Å². The molecule has 2 aromatic rings. The van der Waals surface area contributed by atoms with Crippen LogP contribution in [0.5, 0.6) is 0 Å². The highest BCUT2D eigenvalue weighted by molar-refractivity contribution is 5.91. The lowest BCUT2D eigenvalue weighted by molar-refractivity contribution is 0.112. The van der Waals surface area contributed by atoms with Gasteiger partial charge in [0.15, 0.2) is 0 Å². The number of allylic oxidation sites excluding steroid dienone is 4. The van der Waals surface area contributed by atoms with Crippen molar-refractivity contribution in [1.82, 2.24) is 0 Å². The van der Waals surface area contributed by atoms with Gasteiger partial charge in [-0.05, 0) is 39.5 Å². The molecular weight excluding hydrogens is 256 g/mol. The summed E-state index contributed by atoms with van der Waals surface area (Å²) in [5.74, 6) is 0.198. The van der Waals surface area contributed by atoms with Crippen molar-refractivity contribution in [3.05, 3.63) is 71.3 Å². The topological polar surface area (TPSA) is 17.1 Å². The van der Waals surface area contributed by atoms with E-state index >= 15 is 0 Å². The van der Waals surface area contributed by atoms with Gasteiger partial charge in [0.25, 0.3) is 0 Å². The Hall–Kier alpha value is -2.15. The molecule has 1 aliphatic carbocycles. The molecular formula is C20H20O. The van der Waals surface area contributed by atoms with Crippen molar-refractivity contribution in [2.45, 2.75) is 26.7 Å². The van der Waals surface area contributed by atoms with Gasteiger partial charge in [-0.1, -0.05) is 63.3 Å². The van der Waals surface area contributed by atoms with Crippen molar-refractivity contribution in [2.24, 2.45) is 5.41 Å². The molecule has 0 spiro atoms. The van der Waals surface area contributed by atoms with Crippen molar-refractivity contribution in [1.29, 1.82) is 0 Å². The lowest BCUT2D eigenvalue weighted by Crippen LogP contribution is -2.06. The monoisotopic (exact) mass is 276 g/mol. The SMILES string of the molecule is CC(C)(C)C1=CC(c2cc3ccccc3cc2C=O)C=C1. The number of rotatable bonds is 2. The minimum atomic E-state index is 0.142. The van der Waals surface area contributed by atoms with Crippen LogP contribution in [0, 0.1) is 5.41 Å². The average Bonchev–Trinajstić information content (AvgIpc) is 2.95. The van der Waals surface area contributed by atoms with E-state index < -0.39 is 0 Å². The van der Waals surface area contributed by atoms with Crippen LogP contribution < -0.4 is 0 Å². The van der Waals surface area contributed by atoms with Gasteiger partial charge in [0.05, 0.1) is 0 Å². The Balaban J connectivity index is 2.11. The van der Waals surface area contributed by atoms with Crippen molar-refractivity contribution in [3.8, 4) is 0 Å². The smallest absolute Gasteiger partial charge is 0.150 e. The van der Waals surface area contributed by atoms with E-state index in [1.165, 1.54) is 11.0 Å². The zero-order valence-electron chi connectivity index (χ0n) is 12.8. The summed E-state index contributed by atoms with van der Waals surface area (Å²) >= 11 is 0. The Morgan fingerprint density at radius 3 is 2.29 bits per heavy atom. The predicted octanol–water partition coefficient (Wildman–Crippen LogP) is 5.28. The fraction of sp³-hybridized carbons (Fsp3) is 0.250. The van der Waals surface area contributed by atoms with Crippen LogP contribution in [0.4, 0.5) is 0 Å². The van der Waals surface area contributed by atoms with Crippen LogP contribution in [0.3, 0.4) is 0 Å². The van der Waals surface area contributed by atoms with Crippen molar-refractivity contribution < 1.29 is 4.79 Å². The number of hydrogen-bond donors (Lipinski definition) is 0. The molecule has 0 fully saturated rings. The minimum Gasteiger partial charge on any atom is -0.298 e. The van der Waals surface area contributed by atoms with Crippen LogP contribution in [0.2, 0.25) is 0 Å².